The van der Waals surface area contributed by atoms with Crippen molar-refractivity contribution in [2.24, 2.45) is 0 Å². The Bertz CT molecular complexity index is 648. The average Bonchev–Trinajstić information content (AvgIpc) is 2.60. The summed E-state index contributed by atoms with van der Waals surface area (Å²) in [4.78, 5) is 24.8. The second-order valence-electron chi connectivity index (χ2n) is 5.51. The van der Waals surface area contributed by atoms with Gasteiger partial charge in [-0.25, -0.2) is 0 Å². The number of ether oxygens (including phenoxy) is 2. The van der Waals surface area contributed by atoms with Crippen LogP contribution in [-0.2, 0) is 15.1 Å². The zero-order valence-electron chi connectivity index (χ0n) is 13.8. The van der Waals surface area contributed by atoms with Crippen LogP contribution in [0.15, 0.2) is 12.1 Å². The molecule has 1 unspecified atom stereocenters. The first-order valence-electron chi connectivity index (χ1n) is 7.43. The number of carbonyl (C=O) groups excluding carboxylic acids is 1. The van der Waals surface area contributed by atoms with Gasteiger partial charge in [-0.1, -0.05) is 0 Å². The highest BCUT2D eigenvalue weighted by atomic mass is 19.1. The van der Waals surface area contributed by atoms with Crippen LogP contribution >= 0.6 is 0 Å². The monoisotopic (exact) mass is 341 g/mol. The summed E-state index contributed by atoms with van der Waals surface area (Å²) in [5, 5.41) is 13.7. The van der Waals surface area contributed by atoms with Crippen molar-refractivity contribution >= 4 is 11.6 Å². The van der Waals surface area contributed by atoms with Crippen molar-refractivity contribution in [3.63, 3.8) is 0 Å². The Morgan fingerprint density at radius 3 is 2.58 bits per heavy atom. The summed E-state index contributed by atoms with van der Waals surface area (Å²) in [6, 6.07) is 2.01. The van der Waals surface area contributed by atoms with Crippen LogP contribution in [0.25, 0.3) is 0 Å². The van der Waals surface area contributed by atoms with Gasteiger partial charge in [-0.15, -0.1) is 0 Å². The summed E-state index contributed by atoms with van der Waals surface area (Å²) in [5.74, 6) is -1.30. The Hall–Kier alpha value is -2.26. The van der Waals surface area contributed by atoms with E-state index in [1.54, 1.807) is 6.92 Å². The lowest BCUT2D eigenvalue weighted by Crippen LogP contribution is -2.57. The summed E-state index contributed by atoms with van der Waals surface area (Å²) in [6.45, 7) is 3.41. The van der Waals surface area contributed by atoms with Crippen molar-refractivity contribution in [3.05, 3.63) is 33.6 Å². The van der Waals surface area contributed by atoms with Crippen molar-refractivity contribution in [1.82, 2.24) is 10.2 Å². The van der Waals surface area contributed by atoms with Crippen LogP contribution in [0.3, 0.4) is 0 Å². The number of morpholine rings is 1. The first-order chi connectivity index (χ1) is 11.4. The molecule has 0 bridgehead atoms. The Morgan fingerprint density at radius 1 is 1.46 bits per heavy atom. The maximum Gasteiger partial charge on any atom is 0.305 e. The van der Waals surface area contributed by atoms with Crippen LogP contribution in [0.2, 0.25) is 0 Å². The van der Waals surface area contributed by atoms with E-state index in [2.05, 4.69) is 5.32 Å². The largest absolute Gasteiger partial charge is 0.496 e. The fourth-order valence-electron chi connectivity index (χ4n) is 2.92. The van der Waals surface area contributed by atoms with Crippen LogP contribution in [0, 0.1) is 15.9 Å². The minimum Gasteiger partial charge on any atom is -0.496 e. The second kappa shape index (κ2) is 7.10. The number of hydrogen-bond donors (Lipinski definition) is 1. The molecule has 0 aliphatic carbocycles. The third-order valence-electron chi connectivity index (χ3n) is 4.30. The lowest BCUT2D eigenvalue weighted by molar-refractivity contribution is -0.387. The molecular weight excluding hydrogens is 321 g/mol. The molecule has 9 heteroatoms. The predicted octanol–water partition coefficient (Wildman–Crippen LogP) is 1.04. The first kappa shape index (κ1) is 18.1. The molecule has 0 aromatic heterocycles. The van der Waals surface area contributed by atoms with Crippen molar-refractivity contribution in [1.29, 1.82) is 0 Å². The normalized spacial score (nSPS) is 17.8. The Kier molecular flexibility index (Phi) is 5.35. The lowest BCUT2D eigenvalue weighted by atomic mass is 9.87. The van der Waals surface area contributed by atoms with Crippen LogP contribution in [0.5, 0.6) is 5.75 Å². The van der Waals surface area contributed by atoms with E-state index in [1.165, 1.54) is 14.2 Å². The molecule has 2 rings (SSSR count). The van der Waals surface area contributed by atoms with Crippen molar-refractivity contribution in [2.75, 3.05) is 40.5 Å². The van der Waals surface area contributed by atoms with E-state index in [0.717, 1.165) is 12.1 Å². The van der Waals surface area contributed by atoms with Crippen molar-refractivity contribution in [3.8, 4) is 5.75 Å². The zero-order chi connectivity index (χ0) is 17.9. The van der Waals surface area contributed by atoms with E-state index >= 15 is 0 Å². The van der Waals surface area contributed by atoms with E-state index in [0.29, 0.717) is 26.3 Å². The van der Waals surface area contributed by atoms with Gasteiger partial charge in [0.15, 0.2) is 0 Å². The number of benzene rings is 1. The number of nitro benzene ring substituents is 1. The minimum absolute atomic E-state index is 0.0793. The Balaban J connectivity index is 2.66. The van der Waals surface area contributed by atoms with Crippen molar-refractivity contribution < 1.29 is 23.6 Å². The number of hydrogen-bond acceptors (Lipinski definition) is 6. The SMILES string of the molecule is CNC(=O)C(C)(c1cc([N+](=O)[O-])c(F)cc1OC)N1CCOCC1. The summed E-state index contributed by atoms with van der Waals surface area (Å²) >= 11 is 0. The number of nitrogens with one attached hydrogen (secondary N) is 1. The van der Waals surface area contributed by atoms with Crippen LogP contribution < -0.4 is 10.1 Å². The van der Waals surface area contributed by atoms with Gasteiger partial charge in [0, 0.05) is 37.8 Å². The van der Waals surface area contributed by atoms with Gasteiger partial charge >= 0.3 is 5.69 Å². The number of methoxy groups -OCH3 is 1. The molecule has 1 saturated heterocycles. The van der Waals surface area contributed by atoms with Crippen LogP contribution in [0.1, 0.15) is 12.5 Å². The third kappa shape index (κ3) is 3.04. The van der Waals surface area contributed by atoms with Gasteiger partial charge in [0.05, 0.1) is 25.2 Å². The summed E-state index contributed by atoms with van der Waals surface area (Å²) in [5.41, 5.74) is -1.73. The highest BCUT2D eigenvalue weighted by molar-refractivity contribution is 5.88. The standard InChI is InChI=1S/C15H20FN3O5/c1-15(14(20)17-2,18-4-6-24-7-5-18)10-8-12(19(21)22)11(16)9-13(10)23-3/h8-9H,4-7H2,1-3H3,(H,17,20). The second-order valence-corrected chi connectivity index (χ2v) is 5.51. The third-order valence-corrected chi connectivity index (χ3v) is 4.30. The summed E-state index contributed by atoms with van der Waals surface area (Å²) < 4.78 is 24.4. The lowest BCUT2D eigenvalue weighted by Gasteiger charge is -2.42. The molecule has 1 amide bonds. The number of carbonyl (C=O) groups is 1. The first-order valence-corrected chi connectivity index (χ1v) is 7.43. The number of amides is 1. The van der Waals surface area contributed by atoms with E-state index < -0.39 is 22.0 Å². The molecule has 24 heavy (non-hydrogen) atoms. The topological polar surface area (TPSA) is 93.9 Å². The molecule has 8 nitrogen and oxygen atoms in total. The van der Waals surface area contributed by atoms with Crippen molar-refractivity contribution in [2.45, 2.75) is 12.5 Å². The van der Waals surface area contributed by atoms with E-state index in [1.807, 2.05) is 4.90 Å². The molecule has 0 spiro atoms. The summed E-state index contributed by atoms with van der Waals surface area (Å²) in [6.07, 6.45) is 0. The van der Waals surface area contributed by atoms with E-state index in [4.69, 9.17) is 9.47 Å². The van der Waals surface area contributed by atoms with E-state index in [9.17, 15) is 19.3 Å². The quantitative estimate of drug-likeness (QED) is 0.635. The Labute approximate surface area is 138 Å². The van der Waals surface area contributed by atoms with Gasteiger partial charge < -0.3 is 14.8 Å². The molecule has 1 aliphatic rings. The zero-order valence-corrected chi connectivity index (χ0v) is 13.8. The average molecular weight is 341 g/mol. The van der Waals surface area contributed by atoms with Gasteiger partial charge in [0.2, 0.25) is 11.7 Å². The molecule has 1 aromatic carbocycles. The summed E-state index contributed by atoms with van der Waals surface area (Å²) in [7, 11) is 2.80. The van der Waals surface area contributed by atoms with Gasteiger partial charge in [-0.3, -0.25) is 19.8 Å². The van der Waals surface area contributed by atoms with Crippen LogP contribution in [-0.4, -0.2) is 56.2 Å². The number of likely N-dealkylation sites (N-methyl/N-ethyl adjacent to an activating group) is 1. The molecule has 132 valence electrons. The number of halogens is 1. The highest BCUT2D eigenvalue weighted by Gasteiger charge is 2.44. The molecule has 0 radical (unpaired) electrons. The molecule has 1 heterocycles. The van der Waals surface area contributed by atoms with Crippen LogP contribution in [0.4, 0.5) is 10.1 Å². The molecule has 0 saturated carbocycles. The molecular formula is C15H20FN3O5. The fraction of sp³-hybridized carbons (Fsp3) is 0.533. The van der Waals surface area contributed by atoms with Gasteiger partial charge in [-0.2, -0.15) is 4.39 Å². The molecule has 1 N–H and O–H groups in total. The maximum absolute atomic E-state index is 13.9. The maximum atomic E-state index is 13.9. The molecule has 1 atom stereocenters. The van der Waals surface area contributed by atoms with Gasteiger partial charge in [0.25, 0.3) is 0 Å². The predicted molar refractivity (Wildman–Crippen MR) is 83.4 cm³/mol. The number of nitrogens with zero attached hydrogens (tertiary/aromatic N) is 2. The number of nitro groups is 1. The van der Waals surface area contributed by atoms with E-state index in [-0.39, 0.29) is 17.2 Å². The highest BCUT2D eigenvalue weighted by Crippen LogP contribution is 2.39. The molecule has 1 aromatic rings. The van der Waals surface area contributed by atoms with Gasteiger partial charge in [0.1, 0.15) is 11.3 Å². The van der Waals surface area contributed by atoms with Gasteiger partial charge in [-0.05, 0) is 6.92 Å². The minimum atomic E-state index is -1.26. The smallest absolute Gasteiger partial charge is 0.305 e. The fourth-order valence-corrected chi connectivity index (χ4v) is 2.92. The Morgan fingerprint density at radius 2 is 2.08 bits per heavy atom. The molecule has 1 aliphatic heterocycles. The molecule has 1 fully saturated rings. The number of rotatable bonds is 5.